The molecule has 1 rings (SSSR count). The lowest BCUT2D eigenvalue weighted by molar-refractivity contribution is 0.498. The molecule has 0 aliphatic rings. The van der Waals surface area contributed by atoms with Gasteiger partial charge in [0.15, 0.2) is 0 Å². The molecule has 0 saturated heterocycles. The molecule has 1 aromatic rings. The van der Waals surface area contributed by atoms with Gasteiger partial charge in [0.25, 0.3) is 0 Å². The SMILES string of the molecule is C=C(I)CCCCc1ccco1. The van der Waals surface area contributed by atoms with Gasteiger partial charge in [-0.25, -0.2) is 0 Å². The summed E-state index contributed by atoms with van der Waals surface area (Å²) >= 11 is 2.28. The lowest BCUT2D eigenvalue weighted by atomic mass is 10.1. The summed E-state index contributed by atoms with van der Waals surface area (Å²) in [5.74, 6) is 1.09. The lowest BCUT2D eigenvalue weighted by Gasteiger charge is -1.96. The smallest absolute Gasteiger partial charge is 0.103 e. The van der Waals surface area contributed by atoms with Crippen LogP contribution in [0.25, 0.3) is 0 Å². The van der Waals surface area contributed by atoms with Gasteiger partial charge in [-0.2, -0.15) is 0 Å². The molecule has 1 heterocycles. The molecule has 0 aliphatic carbocycles. The molecule has 0 amide bonds. The fourth-order valence-electron chi connectivity index (χ4n) is 1.07. The summed E-state index contributed by atoms with van der Waals surface area (Å²) in [6, 6.07) is 3.96. The lowest BCUT2D eigenvalue weighted by Crippen LogP contribution is -1.82. The van der Waals surface area contributed by atoms with Crippen LogP contribution in [0.3, 0.4) is 0 Å². The van der Waals surface area contributed by atoms with Crippen molar-refractivity contribution >= 4 is 22.6 Å². The maximum atomic E-state index is 5.22. The third-order valence-corrected chi connectivity index (χ3v) is 2.24. The van der Waals surface area contributed by atoms with Crippen LogP contribution < -0.4 is 0 Å². The molecule has 1 aromatic heterocycles. The van der Waals surface area contributed by atoms with E-state index in [0.29, 0.717) is 0 Å². The molecule has 0 bridgehead atoms. The molecule has 0 saturated carbocycles. The van der Waals surface area contributed by atoms with Gasteiger partial charge in [0.05, 0.1) is 6.26 Å². The predicted molar refractivity (Wildman–Crippen MR) is 59.4 cm³/mol. The first-order chi connectivity index (χ1) is 5.79. The molecule has 0 N–H and O–H groups in total. The quantitative estimate of drug-likeness (QED) is 0.586. The van der Waals surface area contributed by atoms with Crippen molar-refractivity contribution < 1.29 is 4.42 Å². The van der Waals surface area contributed by atoms with Crippen molar-refractivity contribution in [3.05, 3.63) is 34.3 Å². The van der Waals surface area contributed by atoms with Gasteiger partial charge in [0.1, 0.15) is 5.76 Å². The first-order valence-electron chi connectivity index (χ1n) is 4.14. The highest BCUT2D eigenvalue weighted by Crippen LogP contribution is 2.14. The monoisotopic (exact) mass is 276 g/mol. The van der Waals surface area contributed by atoms with Crippen LogP contribution in [0.4, 0.5) is 0 Å². The van der Waals surface area contributed by atoms with Crippen molar-refractivity contribution in [3.8, 4) is 0 Å². The van der Waals surface area contributed by atoms with Gasteiger partial charge in [-0.3, -0.25) is 0 Å². The van der Waals surface area contributed by atoms with Gasteiger partial charge in [-0.05, 0) is 57.6 Å². The summed E-state index contributed by atoms with van der Waals surface area (Å²) in [5.41, 5.74) is 0. The number of unbranched alkanes of at least 4 members (excludes halogenated alkanes) is 1. The topological polar surface area (TPSA) is 13.1 Å². The normalized spacial score (nSPS) is 10.1. The van der Waals surface area contributed by atoms with Crippen LogP contribution in [-0.2, 0) is 6.42 Å². The first-order valence-corrected chi connectivity index (χ1v) is 5.22. The van der Waals surface area contributed by atoms with E-state index in [4.69, 9.17) is 4.42 Å². The molecule has 0 aromatic carbocycles. The predicted octanol–water partition coefficient (Wildman–Crippen LogP) is 3.94. The Balaban J connectivity index is 2.07. The van der Waals surface area contributed by atoms with Crippen molar-refractivity contribution in [1.29, 1.82) is 0 Å². The minimum atomic E-state index is 1.05. The largest absolute Gasteiger partial charge is 0.469 e. The summed E-state index contributed by atoms with van der Waals surface area (Å²) < 4.78 is 6.46. The van der Waals surface area contributed by atoms with Gasteiger partial charge in [0.2, 0.25) is 0 Å². The summed E-state index contributed by atoms with van der Waals surface area (Å²) in [5, 5.41) is 0. The van der Waals surface area contributed by atoms with E-state index in [2.05, 4.69) is 29.2 Å². The molecule has 2 heteroatoms. The number of hydrogen-bond acceptors (Lipinski definition) is 1. The standard InChI is InChI=1S/C10H13IO/c1-9(11)5-2-3-6-10-7-4-8-12-10/h4,7-8H,1-3,5-6H2. The summed E-state index contributed by atoms with van der Waals surface area (Å²) in [6.45, 7) is 3.85. The number of rotatable bonds is 5. The summed E-state index contributed by atoms with van der Waals surface area (Å²) in [6.07, 6.45) is 6.31. The van der Waals surface area contributed by atoms with E-state index in [1.165, 1.54) is 16.4 Å². The zero-order valence-electron chi connectivity index (χ0n) is 7.05. The maximum Gasteiger partial charge on any atom is 0.103 e. The van der Waals surface area contributed by atoms with Crippen LogP contribution in [-0.4, -0.2) is 0 Å². The average Bonchev–Trinajstić information content (AvgIpc) is 2.49. The van der Waals surface area contributed by atoms with Gasteiger partial charge < -0.3 is 4.42 Å². The van der Waals surface area contributed by atoms with Gasteiger partial charge >= 0.3 is 0 Å². The van der Waals surface area contributed by atoms with Crippen molar-refractivity contribution in [2.24, 2.45) is 0 Å². The second kappa shape index (κ2) is 5.41. The fourth-order valence-corrected chi connectivity index (χ4v) is 1.45. The van der Waals surface area contributed by atoms with Crippen molar-refractivity contribution in [2.45, 2.75) is 25.7 Å². The van der Waals surface area contributed by atoms with Crippen LogP contribution in [0.15, 0.2) is 33.0 Å². The molecule has 0 spiro atoms. The first kappa shape index (κ1) is 9.84. The van der Waals surface area contributed by atoms with Crippen LogP contribution >= 0.6 is 22.6 Å². The zero-order chi connectivity index (χ0) is 8.81. The number of aryl methyl sites for hydroxylation is 1. The molecule has 0 fully saturated rings. The van der Waals surface area contributed by atoms with E-state index in [-0.39, 0.29) is 0 Å². The van der Waals surface area contributed by atoms with E-state index < -0.39 is 0 Å². The molecule has 0 unspecified atom stereocenters. The second-order valence-electron chi connectivity index (χ2n) is 2.80. The number of halogens is 1. The molecular weight excluding hydrogens is 263 g/mol. The Morgan fingerprint density at radius 1 is 1.50 bits per heavy atom. The number of furan rings is 1. The molecule has 66 valence electrons. The van der Waals surface area contributed by atoms with Crippen molar-refractivity contribution in [3.63, 3.8) is 0 Å². The number of hydrogen-bond donors (Lipinski definition) is 0. The second-order valence-corrected chi connectivity index (χ2v) is 4.33. The molecule has 0 atom stereocenters. The minimum Gasteiger partial charge on any atom is -0.469 e. The van der Waals surface area contributed by atoms with Crippen LogP contribution in [0, 0.1) is 0 Å². The number of allylic oxidation sites excluding steroid dienone is 1. The Morgan fingerprint density at radius 3 is 2.92 bits per heavy atom. The van der Waals surface area contributed by atoms with Crippen molar-refractivity contribution in [2.75, 3.05) is 0 Å². The molecule has 1 nitrogen and oxygen atoms in total. The zero-order valence-corrected chi connectivity index (χ0v) is 9.21. The highest BCUT2D eigenvalue weighted by Gasteiger charge is 1.95. The van der Waals surface area contributed by atoms with Crippen LogP contribution in [0.2, 0.25) is 0 Å². The van der Waals surface area contributed by atoms with E-state index >= 15 is 0 Å². The Hall–Kier alpha value is -0.250. The van der Waals surface area contributed by atoms with E-state index in [0.717, 1.165) is 18.6 Å². The maximum absolute atomic E-state index is 5.22. The van der Waals surface area contributed by atoms with E-state index in [1.807, 2.05) is 12.1 Å². The summed E-state index contributed by atoms with van der Waals surface area (Å²) in [7, 11) is 0. The van der Waals surface area contributed by atoms with Gasteiger partial charge in [0, 0.05) is 6.42 Å². The van der Waals surface area contributed by atoms with Crippen molar-refractivity contribution in [1.82, 2.24) is 0 Å². The molecule has 0 aliphatic heterocycles. The molecule has 0 radical (unpaired) electrons. The molecule has 12 heavy (non-hydrogen) atoms. The summed E-state index contributed by atoms with van der Waals surface area (Å²) in [4.78, 5) is 0. The Morgan fingerprint density at radius 2 is 2.33 bits per heavy atom. The highest BCUT2D eigenvalue weighted by molar-refractivity contribution is 14.1. The van der Waals surface area contributed by atoms with E-state index in [9.17, 15) is 0 Å². The van der Waals surface area contributed by atoms with Crippen LogP contribution in [0.5, 0.6) is 0 Å². The van der Waals surface area contributed by atoms with Crippen LogP contribution in [0.1, 0.15) is 25.0 Å². The molecular formula is C10H13IO. The third kappa shape index (κ3) is 3.95. The van der Waals surface area contributed by atoms with Gasteiger partial charge in [-0.15, -0.1) is 0 Å². The average molecular weight is 276 g/mol. The Labute approximate surface area is 87.0 Å². The Bertz CT molecular complexity index is 226. The Kier molecular flexibility index (Phi) is 4.43. The van der Waals surface area contributed by atoms with Gasteiger partial charge in [-0.1, -0.05) is 6.58 Å². The highest BCUT2D eigenvalue weighted by atomic mass is 127. The van der Waals surface area contributed by atoms with E-state index in [1.54, 1.807) is 6.26 Å². The third-order valence-electron chi connectivity index (χ3n) is 1.70. The minimum absolute atomic E-state index is 1.05. The fraction of sp³-hybridized carbons (Fsp3) is 0.400.